The number of hydrogen-bond donors (Lipinski definition) is 1. The van der Waals surface area contributed by atoms with E-state index in [4.69, 9.17) is 4.74 Å². The van der Waals surface area contributed by atoms with Gasteiger partial charge in [-0.05, 0) is 47.2 Å². The third kappa shape index (κ3) is 3.03. The number of aromatic nitrogens is 4. The number of methoxy groups -OCH3 is 1. The van der Waals surface area contributed by atoms with E-state index in [2.05, 4.69) is 20.8 Å². The summed E-state index contributed by atoms with van der Waals surface area (Å²) < 4.78 is 6.76. The van der Waals surface area contributed by atoms with Crippen LogP contribution in [0.3, 0.4) is 0 Å². The molecule has 1 N–H and O–H groups in total. The highest BCUT2D eigenvalue weighted by molar-refractivity contribution is 6.06. The van der Waals surface area contributed by atoms with E-state index in [9.17, 15) is 4.79 Å². The van der Waals surface area contributed by atoms with Crippen molar-refractivity contribution in [3.63, 3.8) is 0 Å². The molecule has 0 aliphatic rings. The fourth-order valence-electron chi connectivity index (χ4n) is 2.24. The molecule has 0 aliphatic carbocycles. The Morgan fingerprint density at radius 1 is 1.22 bits per heavy atom. The summed E-state index contributed by atoms with van der Waals surface area (Å²) in [4.78, 5) is 12.4. The molecule has 0 atom stereocenters. The number of carbonyl (C=O) groups is 1. The van der Waals surface area contributed by atoms with E-state index in [0.717, 1.165) is 11.3 Å². The van der Waals surface area contributed by atoms with Gasteiger partial charge in [0.25, 0.3) is 5.91 Å². The van der Waals surface area contributed by atoms with Crippen LogP contribution in [0.25, 0.3) is 5.69 Å². The summed E-state index contributed by atoms with van der Waals surface area (Å²) >= 11 is 0. The van der Waals surface area contributed by atoms with Crippen LogP contribution in [0.4, 0.5) is 5.69 Å². The molecule has 1 amide bonds. The molecule has 0 saturated heterocycles. The van der Waals surface area contributed by atoms with Crippen LogP contribution >= 0.6 is 0 Å². The Balaban J connectivity index is 1.89. The number of para-hydroxylation sites is 1. The lowest BCUT2D eigenvalue weighted by molar-refractivity contribution is 0.102. The summed E-state index contributed by atoms with van der Waals surface area (Å²) in [5.41, 5.74) is 2.91. The summed E-state index contributed by atoms with van der Waals surface area (Å²) in [5, 5.41) is 14.0. The summed E-state index contributed by atoms with van der Waals surface area (Å²) in [5.74, 6) is 0.284. The quantitative estimate of drug-likeness (QED) is 0.799. The van der Waals surface area contributed by atoms with Gasteiger partial charge in [-0.15, -0.1) is 5.10 Å². The highest BCUT2D eigenvalue weighted by atomic mass is 16.5. The minimum Gasteiger partial charge on any atom is -0.496 e. The average Bonchev–Trinajstić information content (AvgIpc) is 3.10. The lowest BCUT2D eigenvalue weighted by Crippen LogP contribution is -2.13. The number of anilines is 1. The van der Waals surface area contributed by atoms with Gasteiger partial charge in [0, 0.05) is 5.69 Å². The largest absolute Gasteiger partial charge is 0.496 e. The molecule has 0 fully saturated rings. The Morgan fingerprint density at radius 3 is 2.78 bits per heavy atom. The molecule has 1 aromatic heterocycles. The number of nitrogens with one attached hydrogen (secondary N) is 1. The van der Waals surface area contributed by atoms with E-state index in [1.165, 1.54) is 13.4 Å². The van der Waals surface area contributed by atoms with Gasteiger partial charge >= 0.3 is 0 Å². The van der Waals surface area contributed by atoms with E-state index < -0.39 is 0 Å². The van der Waals surface area contributed by atoms with Crippen molar-refractivity contribution >= 4 is 11.6 Å². The van der Waals surface area contributed by atoms with Gasteiger partial charge in [-0.1, -0.05) is 18.2 Å². The molecule has 116 valence electrons. The summed E-state index contributed by atoms with van der Waals surface area (Å²) in [6.45, 7) is 1.95. The number of amides is 1. The second kappa shape index (κ2) is 6.27. The number of rotatable bonds is 4. The minimum atomic E-state index is -0.242. The molecule has 0 bridgehead atoms. The third-order valence-electron chi connectivity index (χ3n) is 3.41. The lowest BCUT2D eigenvalue weighted by atomic mass is 10.1. The Labute approximate surface area is 132 Å². The van der Waals surface area contributed by atoms with Crippen LogP contribution in [-0.2, 0) is 0 Å². The summed E-state index contributed by atoms with van der Waals surface area (Å²) in [6.07, 6.45) is 1.51. The first kappa shape index (κ1) is 14.7. The molecule has 0 unspecified atom stereocenters. The topological polar surface area (TPSA) is 81.9 Å². The van der Waals surface area contributed by atoms with Crippen molar-refractivity contribution in [3.05, 3.63) is 59.9 Å². The molecule has 3 rings (SSSR count). The number of carbonyl (C=O) groups excluding carboxylic acids is 1. The first-order valence-electron chi connectivity index (χ1n) is 6.97. The van der Waals surface area contributed by atoms with E-state index in [1.807, 2.05) is 31.2 Å². The van der Waals surface area contributed by atoms with Crippen molar-refractivity contribution in [2.45, 2.75) is 6.92 Å². The van der Waals surface area contributed by atoms with Crippen LogP contribution in [0.1, 0.15) is 15.9 Å². The van der Waals surface area contributed by atoms with Crippen molar-refractivity contribution in [1.82, 2.24) is 20.2 Å². The monoisotopic (exact) mass is 309 g/mol. The van der Waals surface area contributed by atoms with Gasteiger partial charge in [-0.25, -0.2) is 4.68 Å². The molecule has 3 aromatic rings. The lowest BCUT2D eigenvalue weighted by Gasteiger charge is -2.11. The van der Waals surface area contributed by atoms with Gasteiger partial charge in [0.15, 0.2) is 0 Å². The zero-order chi connectivity index (χ0) is 16.2. The second-order valence-corrected chi connectivity index (χ2v) is 4.91. The van der Waals surface area contributed by atoms with Gasteiger partial charge in [0.1, 0.15) is 12.1 Å². The number of nitrogens with zero attached hydrogens (tertiary/aromatic N) is 4. The predicted octanol–water partition coefficient (Wildman–Crippen LogP) is 2.23. The third-order valence-corrected chi connectivity index (χ3v) is 3.41. The Bertz CT molecular complexity index is 830. The van der Waals surface area contributed by atoms with E-state index in [-0.39, 0.29) is 5.91 Å². The van der Waals surface area contributed by atoms with Gasteiger partial charge in [0.2, 0.25) is 0 Å². The van der Waals surface area contributed by atoms with Crippen LogP contribution in [0, 0.1) is 6.92 Å². The van der Waals surface area contributed by atoms with Crippen molar-refractivity contribution in [2.75, 3.05) is 12.4 Å². The van der Waals surface area contributed by atoms with Gasteiger partial charge in [-0.2, -0.15) is 0 Å². The predicted molar refractivity (Wildman–Crippen MR) is 84.8 cm³/mol. The zero-order valence-corrected chi connectivity index (χ0v) is 12.7. The maximum atomic E-state index is 12.4. The molecule has 0 radical (unpaired) electrons. The standard InChI is InChI=1S/C16H15N5O2/c1-11-7-8-12(9-14(11)21-10-17-19-20-21)18-16(22)13-5-3-4-6-15(13)23-2/h3-10H,1-2H3,(H,18,22). The smallest absolute Gasteiger partial charge is 0.259 e. The molecule has 2 aromatic carbocycles. The average molecular weight is 309 g/mol. The molecular formula is C16H15N5O2. The van der Waals surface area contributed by atoms with E-state index in [0.29, 0.717) is 17.0 Å². The molecule has 0 spiro atoms. The number of benzene rings is 2. The van der Waals surface area contributed by atoms with Crippen LogP contribution in [0.5, 0.6) is 5.75 Å². The summed E-state index contributed by atoms with van der Waals surface area (Å²) in [7, 11) is 1.54. The van der Waals surface area contributed by atoms with E-state index >= 15 is 0 Å². The van der Waals surface area contributed by atoms with Crippen molar-refractivity contribution in [1.29, 1.82) is 0 Å². The first-order chi connectivity index (χ1) is 11.2. The van der Waals surface area contributed by atoms with Gasteiger partial charge in [-0.3, -0.25) is 4.79 Å². The van der Waals surface area contributed by atoms with Gasteiger partial charge in [0.05, 0.1) is 18.4 Å². The fraction of sp³-hybridized carbons (Fsp3) is 0.125. The first-order valence-corrected chi connectivity index (χ1v) is 6.97. The van der Waals surface area contributed by atoms with Crippen molar-refractivity contribution in [3.8, 4) is 11.4 Å². The van der Waals surface area contributed by atoms with Crippen LogP contribution < -0.4 is 10.1 Å². The number of tetrazole rings is 1. The molecule has 23 heavy (non-hydrogen) atoms. The number of aryl methyl sites for hydroxylation is 1. The maximum Gasteiger partial charge on any atom is 0.259 e. The van der Waals surface area contributed by atoms with Gasteiger partial charge < -0.3 is 10.1 Å². The minimum absolute atomic E-state index is 0.242. The Morgan fingerprint density at radius 2 is 2.04 bits per heavy atom. The SMILES string of the molecule is COc1ccccc1C(=O)Nc1ccc(C)c(-n2cnnn2)c1. The highest BCUT2D eigenvalue weighted by Gasteiger charge is 2.12. The van der Waals surface area contributed by atoms with Crippen LogP contribution in [0.15, 0.2) is 48.8 Å². The van der Waals surface area contributed by atoms with E-state index in [1.54, 1.807) is 22.9 Å². The van der Waals surface area contributed by atoms with Crippen LogP contribution in [0.2, 0.25) is 0 Å². The highest BCUT2D eigenvalue weighted by Crippen LogP contribution is 2.22. The molecular weight excluding hydrogens is 294 g/mol. The molecule has 1 heterocycles. The summed E-state index contributed by atoms with van der Waals surface area (Å²) in [6, 6.07) is 12.6. The molecule has 0 aliphatic heterocycles. The second-order valence-electron chi connectivity index (χ2n) is 4.91. The van der Waals surface area contributed by atoms with Crippen LogP contribution in [-0.4, -0.2) is 33.2 Å². The number of ether oxygens (including phenoxy) is 1. The fourth-order valence-corrected chi connectivity index (χ4v) is 2.24. The Kier molecular flexibility index (Phi) is 4.01. The van der Waals surface area contributed by atoms with Crippen molar-refractivity contribution < 1.29 is 9.53 Å². The number of hydrogen-bond acceptors (Lipinski definition) is 5. The Hall–Kier alpha value is -3.22. The molecule has 7 heteroatoms. The van der Waals surface area contributed by atoms with Crippen molar-refractivity contribution in [2.24, 2.45) is 0 Å². The maximum absolute atomic E-state index is 12.4. The molecule has 7 nitrogen and oxygen atoms in total. The molecule has 0 saturated carbocycles. The normalized spacial score (nSPS) is 10.3. The zero-order valence-electron chi connectivity index (χ0n) is 12.7.